The van der Waals surface area contributed by atoms with E-state index in [4.69, 9.17) is 0 Å². The van der Waals surface area contributed by atoms with Crippen molar-refractivity contribution < 1.29 is 4.79 Å². The SMILES string of the molecule is Cc1nc(C(C)(C)C)sc1C(=O)N(C)C1CC2CCC(C1)N2.Cl. The Kier molecular flexibility index (Phi) is 5.44. The molecule has 4 nitrogen and oxygen atoms in total. The molecule has 1 aromatic heterocycles. The predicted molar refractivity (Wildman–Crippen MR) is 97.9 cm³/mol. The van der Waals surface area contributed by atoms with Crippen LogP contribution in [0.1, 0.15) is 66.8 Å². The fraction of sp³-hybridized carbons (Fsp3) is 0.765. The van der Waals surface area contributed by atoms with Gasteiger partial charge in [-0.25, -0.2) is 4.98 Å². The highest BCUT2D eigenvalue weighted by atomic mass is 35.5. The first-order valence-corrected chi connectivity index (χ1v) is 9.08. The van der Waals surface area contributed by atoms with Gasteiger partial charge < -0.3 is 10.2 Å². The van der Waals surface area contributed by atoms with Crippen LogP contribution in [0.25, 0.3) is 0 Å². The summed E-state index contributed by atoms with van der Waals surface area (Å²) in [6.07, 6.45) is 4.69. The number of nitrogens with one attached hydrogen (secondary N) is 1. The number of hydrogen-bond acceptors (Lipinski definition) is 4. The van der Waals surface area contributed by atoms with Crippen molar-refractivity contribution in [3.63, 3.8) is 0 Å². The van der Waals surface area contributed by atoms with Crippen LogP contribution in [-0.2, 0) is 5.41 Å². The summed E-state index contributed by atoms with van der Waals surface area (Å²) in [5.74, 6) is 0.150. The van der Waals surface area contributed by atoms with E-state index in [1.165, 1.54) is 12.8 Å². The highest BCUT2D eigenvalue weighted by Gasteiger charge is 2.37. The van der Waals surface area contributed by atoms with E-state index in [9.17, 15) is 4.79 Å². The van der Waals surface area contributed by atoms with Gasteiger partial charge in [-0.2, -0.15) is 0 Å². The zero-order chi connectivity index (χ0) is 16.1. The molecule has 2 aliphatic rings. The Bertz CT molecular complexity index is 569. The molecule has 0 saturated carbocycles. The van der Waals surface area contributed by atoms with Crippen LogP contribution in [0.15, 0.2) is 0 Å². The van der Waals surface area contributed by atoms with E-state index in [-0.39, 0.29) is 23.7 Å². The maximum Gasteiger partial charge on any atom is 0.265 e. The fourth-order valence-corrected chi connectivity index (χ4v) is 4.69. The number of halogens is 1. The second kappa shape index (κ2) is 6.69. The summed E-state index contributed by atoms with van der Waals surface area (Å²) in [7, 11) is 1.97. The number of carbonyl (C=O) groups excluding carboxylic acids is 1. The Labute approximate surface area is 149 Å². The molecule has 1 aromatic rings. The normalized spacial score (nSPS) is 26.7. The van der Waals surface area contributed by atoms with E-state index in [0.29, 0.717) is 18.1 Å². The topological polar surface area (TPSA) is 45.2 Å². The maximum absolute atomic E-state index is 12.9. The van der Waals surface area contributed by atoms with Crippen molar-refractivity contribution in [3.8, 4) is 0 Å². The number of carbonyl (C=O) groups is 1. The minimum atomic E-state index is 0. The van der Waals surface area contributed by atoms with Crippen molar-refractivity contribution in [2.75, 3.05) is 7.05 Å². The van der Waals surface area contributed by atoms with Gasteiger partial charge in [0.25, 0.3) is 5.91 Å². The Morgan fingerprint density at radius 3 is 2.30 bits per heavy atom. The molecule has 2 bridgehead atoms. The third-order valence-electron chi connectivity index (χ3n) is 4.95. The van der Waals surface area contributed by atoms with Crippen molar-refractivity contribution in [1.82, 2.24) is 15.2 Å². The summed E-state index contributed by atoms with van der Waals surface area (Å²) in [6, 6.07) is 1.57. The molecule has 130 valence electrons. The van der Waals surface area contributed by atoms with Crippen molar-refractivity contribution in [2.45, 2.75) is 76.9 Å². The van der Waals surface area contributed by atoms with Gasteiger partial charge in [0, 0.05) is 30.6 Å². The maximum atomic E-state index is 12.9. The van der Waals surface area contributed by atoms with Gasteiger partial charge in [0.05, 0.1) is 10.7 Å². The van der Waals surface area contributed by atoms with Gasteiger partial charge in [0.15, 0.2) is 0 Å². The third-order valence-corrected chi connectivity index (χ3v) is 6.52. The Hall–Kier alpha value is -0.650. The Balaban J connectivity index is 0.00000192. The number of amides is 1. The fourth-order valence-electron chi connectivity index (χ4n) is 3.59. The lowest BCUT2D eigenvalue weighted by molar-refractivity contribution is 0.0685. The highest BCUT2D eigenvalue weighted by Crippen LogP contribution is 2.33. The lowest BCUT2D eigenvalue weighted by Gasteiger charge is -2.35. The number of aryl methyl sites for hydroxylation is 1. The standard InChI is InChI=1S/C17H27N3OS.ClH/c1-10-14(22-16(18-10)17(2,3)4)15(21)20(5)13-8-11-6-7-12(9-13)19-11;/h11-13,19H,6-9H2,1-5H3;1H. The molecule has 1 amide bonds. The van der Waals surface area contributed by atoms with Gasteiger partial charge in [-0.3, -0.25) is 4.79 Å². The van der Waals surface area contributed by atoms with Crippen molar-refractivity contribution >= 4 is 29.7 Å². The van der Waals surface area contributed by atoms with Gasteiger partial charge in [-0.15, -0.1) is 23.7 Å². The molecular weight excluding hydrogens is 330 g/mol. The van der Waals surface area contributed by atoms with Gasteiger partial charge >= 0.3 is 0 Å². The van der Waals surface area contributed by atoms with Crippen molar-refractivity contribution in [3.05, 3.63) is 15.6 Å². The molecule has 0 aromatic carbocycles. The predicted octanol–water partition coefficient (Wildman–Crippen LogP) is 3.53. The second-order valence-electron chi connectivity index (χ2n) is 7.86. The second-order valence-corrected chi connectivity index (χ2v) is 8.86. The number of fused-ring (bicyclic) bond motifs is 2. The summed E-state index contributed by atoms with van der Waals surface area (Å²) < 4.78 is 0. The van der Waals surface area contributed by atoms with Crippen LogP contribution in [0.3, 0.4) is 0 Å². The first-order valence-electron chi connectivity index (χ1n) is 8.27. The lowest BCUT2D eigenvalue weighted by atomic mass is 9.98. The molecule has 2 fully saturated rings. The van der Waals surface area contributed by atoms with Crippen LogP contribution in [0.2, 0.25) is 0 Å². The zero-order valence-electron chi connectivity index (χ0n) is 14.7. The molecule has 3 rings (SSSR count). The first kappa shape index (κ1) is 18.7. The molecule has 6 heteroatoms. The van der Waals surface area contributed by atoms with E-state index >= 15 is 0 Å². The molecule has 1 N–H and O–H groups in total. The summed E-state index contributed by atoms with van der Waals surface area (Å²) >= 11 is 1.57. The van der Waals surface area contributed by atoms with Crippen molar-refractivity contribution in [2.24, 2.45) is 0 Å². The number of rotatable bonds is 2. The monoisotopic (exact) mass is 357 g/mol. The van der Waals surface area contributed by atoms with E-state index in [1.54, 1.807) is 11.3 Å². The molecule has 2 atom stereocenters. The minimum Gasteiger partial charge on any atom is -0.338 e. The van der Waals surface area contributed by atoms with Gasteiger partial charge in [0.2, 0.25) is 0 Å². The lowest BCUT2D eigenvalue weighted by Crippen LogP contribution is -2.48. The summed E-state index contributed by atoms with van der Waals surface area (Å²) in [5.41, 5.74) is 0.879. The Morgan fingerprint density at radius 2 is 1.83 bits per heavy atom. The van der Waals surface area contributed by atoms with E-state index < -0.39 is 0 Å². The quantitative estimate of drug-likeness (QED) is 0.880. The van der Waals surface area contributed by atoms with Crippen LogP contribution >= 0.6 is 23.7 Å². The number of aromatic nitrogens is 1. The van der Waals surface area contributed by atoms with Gasteiger partial charge in [-0.1, -0.05) is 20.8 Å². The van der Waals surface area contributed by atoms with E-state index in [2.05, 4.69) is 31.1 Å². The van der Waals surface area contributed by atoms with Crippen molar-refractivity contribution in [1.29, 1.82) is 0 Å². The van der Waals surface area contributed by atoms with E-state index in [0.717, 1.165) is 28.4 Å². The molecule has 0 aliphatic carbocycles. The largest absolute Gasteiger partial charge is 0.338 e. The van der Waals surface area contributed by atoms with Crippen LogP contribution < -0.4 is 5.32 Å². The van der Waals surface area contributed by atoms with E-state index in [1.807, 2.05) is 18.9 Å². The van der Waals surface area contributed by atoms with Crippen LogP contribution in [0, 0.1) is 6.92 Å². The average Bonchev–Trinajstić information content (AvgIpc) is 2.99. The zero-order valence-corrected chi connectivity index (χ0v) is 16.3. The van der Waals surface area contributed by atoms with Crippen LogP contribution in [0.5, 0.6) is 0 Å². The van der Waals surface area contributed by atoms with Gasteiger partial charge in [0.1, 0.15) is 4.88 Å². The molecule has 2 aliphatic heterocycles. The van der Waals surface area contributed by atoms with Crippen LogP contribution in [0.4, 0.5) is 0 Å². The summed E-state index contributed by atoms with van der Waals surface area (Å²) in [6.45, 7) is 8.40. The molecule has 0 radical (unpaired) electrons. The molecule has 2 saturated heterocycles. The number of nitrogens with zero attached hydrogens (tertiary/aromatic N) is 2. The molecule has 23 heavy (non-hydrogen) atoms. The molecular formula is C17H28ClN3OS. The molecule has 0 spiro atoms. The molecule has 2 unspecified atom stereocenters. The average molecular weight is 358 g/mol. The van der Waals surface area contributed by atoms with Crippen LogP contribution in [-0.4, -0.2) is 41.0 Å². The number of thiazole rings is 1. The smallest absolute Gasteiger partial charge is 0.265 e. The first-order chi connectivity index (χ1) is 10.3. The minimum absolute atomic E-state index is 0. The Morgan fingerprint density at radius 1 is 1.26 bits per heavy atom. The third kappa shape index (κ3) is 3.72. The van der Waals surface area contributed by atoms with Gasteiger partial charge in [-0.05, 0) is 32.6 Å². The number of piperidine rings is 1. The number of hydrogen-bond donors (Lipinski definition) is 1. The highest BCUT2D eigenvalue weighted by molar-refractivity contribution is 7.14. The summed E-state index contributed by atoms with van der Waals surface area (Å²) in [5, 5.41) is 4.69. The summed E-state index contributed by atoms with van der Waals surface area (Å²) in [4.78, 5) is 20.3. The molecule has 3 heterocycles.